The van der Waals surface area contributed by atoms with Crippen molar-refractivity contribution in [1.29, 1.82) is 0 Å². The van der Waals surface area contributed by atoms with Gasteiger partial charge in [0.1, 0.15) is 12.4 Å². The van der Waals surface area contributed by atoms with Gasteiger partial charge >= 0.3 is 5.97 Å². The van der Waals surface area contributed by atoms with Gasteiger partial charge in [0.25, 0.3) is 0 Å². The average molecular weight is 356 g/mol. The molecule has 0 aliphatic carbocycles. The molecule has 1 saturated heterocycles. The first kappa shape index (κ1) is 18.0. The molecular formula is C19H24N4O3. The van der Waals surface area contributed by atoms with Gasteiger partial charge in [-0.1, -0.05) is 6.92 Å². The predicted octanol–water partition coefficient (Wildman–Crippen LogP) is 1.58. The van der Waals surface area contributed by atoms with Crippen molar-refractivity contribution in [3.05, 3.63) is 48.0 Å². The summed E-state index contributed by atoms with van der Waals surface area (Å²) in [4.78, 5) is 32.4. The molecule has 2 heterocycles. The maximum absolute atomic E-state index is 12.5. The third-order valence-corrected chi connectivity index (χ3v) is 4.71. The molecule has 0 unspecified atom stereocenters. The maximum atomic E-state index is 12.5. The molecule has 1 fully saturated rings. The number of hydrogen-bond donors (Lipinski definition) is 0. The second-order valence-corrected chi connectivity index (χ2v) is 6.23. The summed E-state index contributed by atoms with van der Waals surface area (Å²) in [5.74, 6) is 0.721. The monoisotopic (exact) mass is 356 g/mol. The van der Waals surface area contributed by atoms with Crippen LogP contribution >= 0.6 is 0 Å². The third-order valence-electron chi connectivity index (χ3n) is 4.71. The Hall–Kier alpha value is -2.83. The number of amides is 1. The van der Waals surface area contributed by atoms with Gasteiger partial charge in [0.2, 0.25) is 5.91 Å². The van der Waals surface area contributed by atoms with Gasteiger partial charge in [-0.05, 0) is 24.3 Å². The van der Waals surface area contributed by atoms with Gasteiger partial charge in [-0.25, -0.2) is 9.78 Å². The van der Waals surface area contributed by atoms with E-state index in [4.69, 9.17) is 4.74 Å². The fourth-order valence-electron chi connectivity index (χ4n) is 3.18. The predicted molar refractivity (Wildman–Crippen MR) is 98.2 cm³/mol. The van der Waals surface area contributed by atoms with Gasteiger partial charge < -0.3 is 19.1 Å². The van der Waals surface area contributed by atoms with Crippen molar-refractivity contribution >= 4 is 17.6 Å². The number of carbonyl (C=O) groups excluding carboxylic acids is 2. The number of ether oxygens (including phenoxy) is 1. The first-order valence-corrected chi connectivity index (χ1v) is 8.83. The summed E-state index contributed by atoms with van der Waals surface area (Å²) in [7, 11) is 1.37. The van der Waals surface area contributed by atoms with E-state index in [1.165, 1.54) is 7.11 Å². The van der Waals surface area contributed by atoms with E-state index in [1.807, 2.05) is 34.7 Å². The Morgan fingerprint density at radius 2 is 1.81 bits per heavy atom. The van der Waals surface area contributed by atoms with Crippen molar-refractivity contribution in [2.75, 3.05) is 38.2 Å². The normalized spacial score (nSPS) is 14.4. The van der Waals surface area contributed by atoms with Crippen LogP contribution in [-0.2, 0) is 22.5 Å². The number of rotatable bonds is 5. The Bertz CT molecular complexity index is 761. The minimum atomic E-state index is -0.335. The van der Waals surface area contributed by atoms with E-state index in [9.17, 15) is 9.59 Å². The zero-order chi connectivity index (χ0) is 18.5. The molecule has 0 N–H and O–H groups in total. The first-order chi connectivity index (χ1) is 12.6. The highest BCUT2D eigenvalue weighted by Gasteiger charge is 2.22. The number of hydrogen-bond acceptors (Lipinski definition) is 5. The van der Waals surface area contributed by atoms with Crippen molar-refractivity contribution in [3.8, 4) is 0 Å². The quantitative estimate of drug-likeness (QED) is 0.761. The van der Waals surface area contributed by atoms with Crippen LogP contribution in [0.3, 0.4) is 0 Å². The molecule has 7 heteroatoms. The van der Waals surface area contributed by atoms with Crippen LogP contribution in [-0.4, -0.2) is 59.6 Å². The molecule has 1 aliphatic heterocycles. The van der Waals surface area contributed by atoms with E-state index >= 15 is 0 Å². The van der Waals surface area contributed by atoms with Gasteiger partial charge in [-0.15, -0.1) is 0 Å². The van der Waals surface area contributed by atoms with Crippen molar-refractivity contribution < 1.29 is 14.3 Å². The van der Waals surface area contributed by atoms with E-state index < -0.39 is 0 Å². The average Bonchev–Trinajstić information content (AvgIpc) is 3.14. The number of aromatic nitrogens is 2. The fraction of sp³-hybridized carbons (Fsp3) is 0.421. The van der Waals surface area contributed by atoms with E-state index in [-0.39, 0.29) is 11.9 Å². The first-order valence-electron chi connectivity index (χ1n) is 8.83. The molecule has 0 saturated carbocycles. The van der Waals surface area contributed by atoms with Crippen molar-refractivity contribution in [2.45, 2.75) is 19.9 Å². The van der Waals surface area contributed by atoms with Gasteiger partial charge in [0.05, 0.1) is 12.7 Å². The number of carbonyl (C=O) groups is 2. The lowest BCUT2D eigenvalue weighted by Crippen LogP contribution is -2.49. The lowest BCUT2D eigenvalue weighted by Gasteiger charge is -2.36. The number of imidazole rings is 1. The molecular weight excluding hydrogens is 332 g/mol. The molecule has 0 radical (unpaired) electrons. The Morgan fingerprint density at radius 3 is 2.42 bits per heavy atom. The zero-order valence-electron chi connectivity index (χ0n) is 15.2. The molecule has 7 nitrogen and oxygen atoms in total. The Kier molecular flexibility index (Phi) is 5.55. The summed E-state index contributed by atoms with van der Waals surface area (Å²) >= 11 is 0. The molecule has 2 aromatic rings. The van der Waals surface area contributed by atoms with E-state index in [2.05, 4.69) is 9.88 Å². The summed E-state index contributed by atoms with van der Waals surface area (Å²) in [6, 6.07) is 7.37. The highest BCUT2D eigenvalue weighted by Crippen LogP contribution is 2.18. The zero-order valence-corrected chi connectivity index (χ0v) is 15.2. The van der Waals surface area contributed by atoms with Gasteiger partial charge in [-0.2, -0.15) is 0 Å². The van der Waals surface area contributed by atoms with E-state index in [0.717, 1.165) is 31.0 Å². The second kappa shape index (κ2) is 8.03. The summed E-state index contributed by atoms with van der Waals surface area (Å²) in [5.41, 5.74) is 1.59. The van der Waals surface area contributed by atoms with Crippen LogP contribution in [0.4, 0.5) is 5.69 Å². The minimum absolute atomic E-state index is 0.124. The van der Waals surface area contributed by atoms with Crippen molar-refractivity contribution in [3.63, 3.8) is 0 Å². The molecule has 3 rings (SSSR count). The Morgan fingerprint density at radius 1 is 1.12 bits per heavy atom. The minimum Gasteiger partial charge on any atom is -0.465 e. The lowest BCUT2D eigenvalue weighted by atomic mass is 10.2. The number of anilines is 1. The SMILES string of the molecule is CCc1nccn1CC(=O)N1CCN(c2ccc(C(=O)OC)cc2)CC1. The summed E-state index contributed by atoms with van der Waals surface area (Å²) < 4.78 is 6.64. The van der Waals surface area contributed by atoms with Crippen LogP contribution < -0.4 is 4.90 Å². The van der Waals surface area contributed by atoms with Crippen molar-refractivity contribution in [1.82, 2.24) is 14.5 Å². The largest absolute Gasteiger partial charge is 0.465 e. The van der Waals surface area contributed by atoms with Crippen LogP contribution in [0, 0.1) is 0 Å². The highest BCUT2D eigenvalue weighted by atomic mass is 16.5. The molecule has 26 heavy (non-hydrogen) atoms. The Balaban J connectivity index is 1.55. The van der Waals surface area contributed by atoms with E-state index in [1.54, 1.807) is 18.3 Å². The van der Waals surface area contributed by atoms with Crippen molar-refractivity contribution in [2.24, 2.45) is 0 Å². The van der Waals surface area contributed by atoms with E-state index in [0.29, 0.717) is 25.2 Å². The molecule has 1 aliphatic rings. The van der Waals surface area contributed by atoms with Crippen LogP contribution in [0.5, 0.6) is 0 Å². The summed E-state index contributed by atoms with van der Waals surface area (Å²) in [6.45, 7) is 5.30. The van der Waals surface area contributed by atoms with Gasteiger partial charge in [0, 0.05) is 50.7 Å². The van der Waals surface area contributed by atoms with Crippen LogP contribution in [0.1, 0.15) is 23.1 Å². The number of benzene rings is 1. The molecule has 1 aromatic heterocycles. The molecule has 0 bridgehead atoms. The topological polar surface area (TPSA) is 67.7 Å². The maximum Gasteiger partial charge on any atom is 0.337 e. The van der Waals surface area contributed by atoms with Gasteiger partial charge in [-0.3, -0.25) is 4.79 Å². The van der Waals surface area contributed by atoms with Gasteiger partial charge in [0.15, 0.2) is 0 Å². The molecule has 1 aromatic carbocycles. The number of piperazine rings is 1. The standard InChI is InChI=1S/C19H24N4O3/c1-3-17-20-8-9-23(17)14-18(24)22-12-10-21(11-13-22)16-6-4-15(5-7-16)19(25)26-2/h4-9H,3,10-14H2,1-2H3. The summed E-state index contributed by atoms with van der Waals surface area (Å²) in [5, 5.41) is 0. The number of methoxy groups -OCH3 is 1. The van der Waals surface area contributed by atoms with Crippen LogP contribution in [0.25, 0.3) is 0 Å². The number of esters is 1. The van der Waals surface area contributed by atoms with Crippen LogP contribution in [0.2, 0.25) is 0 Å². The third kappa shape index (κ3) is 3.87. The second-order valence-electron chi connectivity index (χ2n) is 6.23. The van der Waals surface area contributed by atoms with Crippen LogP contribution in [0.15, 0.2) is 36.7 Å². The fourth-order valence-corrected chi connectivity index (χ4v) is 3.18. The Labute approximate surface area is 153 Å². The molecule has 138 valence electrons. The number of aryl methyl sites for hydroxylation is 1. The molecule has 0 atom stereocenters. The number of nitrogens with zero attached hydrogens (tertiary/aromatic N) is 4. The molecule has 0 spiro atoms. The highest BCUT2D eigenvalue weighted by molar-refractivity contribution is 5.89. The summed E-state index contributed by atoms with van der Waals surface area (Å²) in [6.07, 6.45) is 4.41. The lowest BCUT2D eigenvalue weighted by molar-refractivity contribution is -0.132. The molecule has 1 amide bonds. The smallest absolute Gasteiger partial charge is 0.337 e.